The predicted molar refractivity (Wildman–Crippen MR) is 69.4 cm³/mol. The molecule has 1 aromatic carbocycles. The largest absolute Gasteiger partial charge is 0.368 e. The van der Waals surface area contributed by atoms with Crippen LogP contribution in [0.5, 0.6) is 0 Å². The van der Waals surface area contributed by atoms with Gasteiger partial charge in [-0.1, -0.05) is 30.3 Å². The molecule has 0 aliphatic rings. The second-order valence-corrected chi connectivity index (χ2v) is 4.41. The van der Waals surface area contributed by atoms with Crippen LogP contribution in [0.2, 0.25) is 0 Å². The summed E-state index contributed by atoms with van der Waals surface area (Å²) in [5, 5.41) is 0. The summed E-state index contributed by atoms with van der Waals surface area (Å²) in [6.45, 7) is 3.52. The van der Waals surface area contributed by atoms with Crippen LogP contribution < -0.4 is 11.5 Å². The van der Waals surface area contributed by atoms with E-state index in [-0.39, 0.29) is 18.5 Å². The van der Waals surface area contributed by atoms with Crippen molar-refractivity contribution in [1.82, 2.24) is 4.90 Å². The highest BCUT2D eigenvalue weighted by molar-refractivity contribution is 5.87. The second kappa shape index (κ2) is 6.16. The fraction of sp³-hybridized carbons (Fsp3) is 0.385. The van der Waals surface area contributed by atoms with Crippen molar-refractivity contribution in [3.05, 3.63) is 35.9 Å². The molecule has 98 valence electrons. The molecule has 0 saturated heterocycles. The molecule has 4 N–H and O–H groups in total. The molecular formula is C13H19N3O2. The van der Waals surface area contributed by atoms with Gasteiger partial charge in [0.1, 0.15) is 6.04 Å². The van der Waals surface area contributed by atoms with Crippen LogP contribution in [0.4, 0.5) is 0 Å². The average Bonchev–Trinajstić information content (AvgIpc) is 2.34. The highest BCUT2D eigenvalue weighted by Crippen LogP contribution is 2.14. The zero-order valence-electron chi connectivity index (χ0n) is 10.7. The number of primary amides is 1. The summed E-state index contributed by atoms with van der Waals surface area (Å²) in [4.78, 5) is 24.6. The molecule has 0 radical (unpaired) electrons. The first-order chi connectivity index (χ1) is 8.43. The molecule has 0 heterocycles. The van der Waals surface area contributed by atoms with E-state index in [1.807, 2.05) is 32.0 Å². The molecule has 5 heteroatoms. The molecular weight excluding hydrogens is 230 g/mol. The number of hydrogen-bond acceptors (Lipinski definition) is 3. The first-order valence-electron chi connectivity index (χ1n) is 5.82. The van der Waals surface area contributed by atoms with E-state index in [9.17, 15) is 9.59 Å². The van der Waals surface area contributed by atoms with Crippen LogP contribution in [-0.4, -0.2) is 29.3 Å². The molecule has 18 heavy (non-hydrogen) atoms. The van der Waals surface area contributed by atoms with E-state index in [2.05, 4.69) is 0 Å². The van der Waals surface area contributed by atoms with Crippen LogP contribution in [0.1, 0.15) is 25.5 Å². The fourth-order valence-electron chi connectivity index (χ4n) is 1.66. The number of hydrogen-bond donors (Lipinski definition) is 2. The van der Waals surface area contributed by atoms with Crippen LogP contribution in [0.3, 0.4) is 0 Å². The van der Waals surface area contributed by atoms with E-state index < -0.39 is 11.9 Å². The van der Waals surface area contributed by atoms with Gasteiger partial charge in [0.25, 0.3) is 0 Å². The Bertz CT molecular complexity index is 418. The van der Waals surface area contributed by atoms with Gasteiger partial charge in [0, 0.05) is 6.04 Å². The highest BCUT2D eigenvalue weighted by atomic mass is 16.2. The lowest BCUT2D eigenvalue weighted by Crippen LogP contribution is -2.46. The Morgan fingerprint density at radius 3 is 2.22 bits per heavy atom. The maximum Gasteiger partial charge on any atom is 0.244 e. The van der Waals surface area contributed by atoms with Gasteiger partial charge < -0.3 is 16.4 Å². The molecule has 0 spiro atoms. The van der Waals surface area contributed by atoms with E-state index in [4.69, 9.17) is 11.5 Å². The summed E-state index contributed by atoms with van der Waals surface area (Å²) in [6, 6.07) is 8.15. The van der Waals surface area contributed by atoms with E-state index in [0.717, 1.165) is 5.56 Å². The lowest BCUT2D eigenvalue weighted by Gasteiger charge is -2.28. The number of rotatable bonds is 5. The van der Waals surface area contributed by atoms with E-state index in [1.165, 1.54) is 4.90 Å². The molecule has 0 aliphatic carbocycles. The number of nitrogens with zero attached hydrogens (tertiary/aromatic N) is 1. The van der Waals surface area contributed by atoms with Gasteiger partial charge in [0.15, 0.2) is 0 Å². The molecule has 0 aromatic heterocycles. The standard InChI is InChI=1S/C13H19N3O2/c1-9(2)16(8-11(14)17)13(18)12(15)10-6-4-3-5-7-10/h3-7,9,12H,8,15H2,1-2H3,(H2,14,17). The number of amides is 2. The predicted octanol–water partition coefficient (Wildman–Crippen LogP) is 0.409. The maximum atomic E-state index is 12.2. The topological polar surface area (TPSA) is 89.4 Å². The van der Waals surface area contributed by atoms with Crippen molar-refractivity contribution in [2.75, 3.05) is 6.54 Å². The lowest BCUT2D eigenvalue weighted by molar-refractivity contribution is -0.138. The van der Waals surface area contributed by atoms with Crippen molar-refractivity contribution in [1.29, 1.82) is 0 Å². The number of carbonyl (C=O) groups is 2. The Morgan fingerprint density at radius 1 is 1.22 bits per heavy atom. The van der Waals surface area contributed by atoms with E-state index >= 15 is 0 Å². The fourth-order valence-corrected chi connectivity index (χ4v) is 1.66. The zero-order chi connectivity index (χ0) is 13.7. The first-order valence-corrected chi connectivity index (χ1v) is 5.82. The number of benzene rings is 1. The molecule has 0 saturated carbocycles. The molecule has 1 rings (SSSR count). The third-order valence-corrected chi connectivity index (χ3v) is 2.66. The van der Waals surface area contributed by atoms with E-state index in [0.29, 0.717) is 0 Å². The van der Waals surface area contributed by atoms with Crippen molar-refractivity contribution >= 4 is 11.8 Å². The molecule has 0 fully saturated rings. The van der Waals surface area contributed by atoms with Gasteiger partial charge in [-0.2, -0.15) is 0 Å². The SMILES string of the molecule is CC(C)N(CC(N)=O)C(=O)C(N)c1ccccc1. The van der Waals surface area contributed by atoms with Gasteiger partial charge in [0.05, 0.1) is 6.54 Å². The summed E-state index contributed by atoms with van der Waals surface area (Å²) < 4.78 is 0. The van der Waals surface area contributed by atoms with Crippen molar-refractivity contribution in [3.63, 3.8) is 0 Å². The minimum atomic E-state index is -0.770. The van der Waals surface area contributed by atoms with E-state index in [1.54, 1.807) is 12.1 Å². The van der Waals surface area contributed by atoms with Gasteiger partial charge in [-0.15, -0.1) is 0 Å². The van der Waals surface area contributed by atoms with Crippen LogP contribution >= 0.6 is 0 Å². The highest BCUT2D eigenvalue weighted by Gasteiger charge is 2.25. The minimum absolute atomic E-state index is 0.114. The lowest BCUT2D eigenvalue weighted by atomic mass is 10.1. The van der Waals surface area contributed by atoms with Crippen LogP contribution in [-0.2, 0) is 9.59 Å². The summed E-state index contributed by atoms with van der Waals surface area (Å²) in [6.07, 6.45) is 0. The third-order valence-electron chi connectivity index (χ3n) is 2.66. The average molecular weight is 249 g/mol. The number of nitrogens with two attached hydrogens (primary N) is 2. The monoisotopic (exact) mass is 249 g/mol. The van der Waals surface area contributed by atoms with Gasteiger partial charge in [-0.25, -0.2) is 0 Å². The Hall–Kier alpha value is -1.88. The second-order valence-electron chi connectivity index (χ2n) is 4.41. The molecule has 1 atom stereocenters. The molecule has 1 aromatic rings. The summed E-state index contributed by atoms with van der Waals surface area (Å²) >= 11 is 0. The van der Waals surface area contributed by atoms with Crippen molar-refractivity contribution in [3.8, 4) is 0 Å². The van der Waals surface area contributed by atoms with Gasteiger partial charge >= 0.3 is 0 Å². The summed E-state index contributed by atoms with van der Waals surface area (Å²) in [5.41, 5.74) is 11.8. The third kappa shape index (κ3) is 3.56. The molecule has 0 aliphatic heterocycles. The maximum absolute atomic E-state index is 12.2. The van der Waals surface area contributed by atoms with Crippen LogP contribution in [0, 0.1) is 0 Å². The van der Waals surface area contributed by atoms with Crippen LogP contribution in [0.15, 0.2) is 30.3 Å². The van der Waals surface area contributed by atoms with Crippen LogP contribution in [0.25, 0.3) is 0 Å². The van der Waals surface area contributed by atoms with Gasteiger partial charge in [-0.05, 0) is 19.4 Å². The van der Waals surface area contributed by atoms with Crippen molar-refractivity contribution < 1.29 is 9.59 Å². The molecule has 1 unspecified atom stereocenters. The molecule has 0 bridgehead atoms. The Morgan fingerprint density at radius 2 is 1.78 bits per heavy atom. The van der Waals surface area contributed by atoms with Crippen molar-refractivity contribution in [2.24, 2.45) is 11.5 Å². The minimum Gasteiger partial charge on any atom is -0.368 e. The Balaban J connectivity index is 2.86. The number of carbonyl (C=O) groups excluding carboxylic acids is 2. The van der Waals surface area contributed by atoms with Gasteiger partial charge in [-0.3, -0.25) is 9.59 Å². The van der Waals surface area contributed by atoms with Gasteiger partial charge in [0.2, 0.25) is 11.8 Å². The molecule has 2 amide bonds. The molecule has 5 nitrogen and oxygen atoms in total. The normalized spacial score (nSPS) is 12.2. The quantitative estimate of drug-likeness (QED) is 0.792. The zero-order valence-corrected chi connectivity index (χ0v) is 10.7. The summed E-state index contributed by atoms with van der Waals surface area (Å²) in [7, 11) is 0. The Kier molecular flexibility index (Phi) is 4.85. The van der Waals surface area contributed by atoms with Crippen molar-refractivity contribution in [2.45, 2.75) is 25.9 Å². The first kappa shape index (κ1) is 14.2. The summed E-state index contributed by atoms with van der Waals surface area (Å²) in [5.74, 6) is -0.840. The Labute approximate surface area is 107 Å². The smallest absolute Gasteiger partial charge is 0.244 e.